The van der Waals surface area contributed by atoms with Crippen molar-refractivity contribution in [1.29, 1.82) is 0 Å². The van der Waals surface area contributed by atoms with Crippen LogP contribution >= 0.6 is 0 Å². The average molecular weight is 449 g/mol. The number of carbonyl (C=O) groups is 2. The molecule has 0 aliphatic rings. The number of nitrogens with zero attached hydrogens (tertiary/aromatic N) is 2. The Morgan fingerprint density at radius 1 is 1.00 bits per heavy atom. The second-order valence-corrected chi connectivity index (χ2v) is 7.27. The highest BCUT2D eigenvalue weighted by Crippen LogP contribution is 2.29. The minimum Gasteiger partial charge on any atom is -0.497 e. The lowest BCUT2D eigenvalue weighted by Gasteiger charge is -2.19. The molecule has 0 bridgehead atoms. The SMILES string of the molecule is COc1cccc(NC(=O)[C@@H](OC(=O)c2ccc(N(C)C)c([N+](=O)[O-])c2)c2ccccc2)c1. The second-order valence-electron chi connectivity index (χ2n) is 7.27. The molecule has 0 spiro atoms. The normalized spacial score (nSPS) is 11.2. The van der Waals surface area contributed by atoms with E-state index in [1.807, 2.05) is 0 Å². The first-order chi connectivity index (χ1) is 15.8. The van der Waals surface area contributed by atoms with Crippen LogP contribution in [-0.2, 0) is 9.53 Å². The Morgan fingerprint density at radius 3 is 2.36 bits per heavy atom. The zero-order chi connectivity index (χ0) is 24.0. The fourth-order valence-electron chi connectivity index (χ4n) is 3.16. The van der Waals surface area contributed by atoms with E-state index in [1.165, 1.54) is 19.2 Å². The minimum absolute atomic E-state index is 0.0394. The van der Waals surface area contributed by atoms with Gasteiger partial charge in [-0.25, -0.2) is 4.79 Å². The summed E-state index contributed by atoms with van der Waals surface area (Å²) < 4.78 is 10.7. The fraction of sp³-hybridized carbons (Fsp3) is 0.167. The summed E-state index contributed by atoms with van der Waals surface area (Å²) in [6, 6.07) is 19.3. The Bertz CT molecular complexity index is 1160. The van der Waals surface area contributed by atoms with Gasteiger partial charge in [0.2, 0.25) is 6.10 Å². The molecule has 0 saturated heterocycles. The minimum atomic E-state index is -1.28. The Kier molecular flexibility index (Phi) is 7.24. The van der Waals surface area contributed by atoms with Crippen molar-refractivity contribution < 1.29 is 24.0 Å². The Morgan fingerprint density at radius 2 is 1.73 bits per heavy atom. The number of carbonyl (C=O) groups excluding carboxylic acids is 2. The maximum absolute atomic E-state index is 13.1. The molecule has 1 N–H and O–H groups in total. The molecule has 0 unspecified atom stereocenters. The van der Waals surface area contributed by atoms with E-state index < -0.39 is 22.9 Å². The Balaban J connectivity index is 1.89. The Labute approximate surface area is 190 Å². The van der Waals surface area contributed by atoms with Crippen molar-refractivity contribution in [3.63, 3.8) is 0 Å². The maximum Gasteiger partial charge on any atom is 0.339 e. The smallest absolute Gasteiger partial charge is 0.339 e. The monoisotopic (exact) mass is 449 g/mol. The van der Waals surface area contributed by atoms with Gasteiger partial charge in [0.1, 0.15) is 11.4 Å². The van der Waals surface area contributed by atoms with Crippen LogP contribution in [0.25, 0.3) is 0 Å². The number of benzene rings is 3. The van der Waals surface area contributed by atoms with E-state index in [0.29, 0.717) is 22.7 Å². The molecular weight excluding hydrogens is 426 g/mol. The van der Waals surface area contributed by atoms with E-state index in [0.717, 1.165) is 6.07 Å². The van der Waals surface area contributed by atoms with Gasteiger partial charge < -0.3 is 19.7 Å². The van der Waals surface area contributed by atoms with Gasteiger partial charge in [0.05, 0.1) is 17.6 Å². The van der Waals surface area contributed by atoms with E-state index in [2.05, 4.69) is 5.32 Å². The first-order valence-electron chi connectivity index (χ1n) is 9.96. The van der Waals surface area contributed by atoms with Gasteiger partial charge >= 0.3 is 5.97 Å². The summed E-state index contributed by atoms with van der Waals surface area (Å²) in [5, 5.41) is 14.2. The molecule has 170 valence electrons. The zero-order valence-electron chi connectivity index (χ0n) is 18.3. The number of rotatable bonds is 8. The molecule has 9 nitrogen and oxygen atoms in total. The van der Waals surface area contributed by atoms with E-state index in [1.54, 1.807) is 73.6 Å². The van der Waals surface area contributed by atoms with Crippen LogP contribution in [0.3, 0.4) is 0 Å². The van der Waals surface area contributed by atoms with Gasteiger partial charge in [-0.2, -0.15) is 0 Å². The number of anilines is 2. The number of ether oxygens (including phenoxy) is 2. The molecule has 3 aromatic carbocycles. The van der Waals surface area contributed by atoms with Crippen molar-refractivity contribution in [3.05, 3.63) is 94.0 Å². The molecule has 0 aliphatic heterocycles. The van der Waals surface area contributed by atoms with Crippen LogP contribution in [0, 0.1) is 10.1 Å². The number of hydrogen-bond acceptors (Lipinski definition) is 7. The van der Waals surface area contributed by atoms with Crippen molar-refractivity contribution in [1.82, 2.24) is 0 Å². The van der Waals surface area contributed by atoms with Crippen LogP contribution in [0.4, 0.5) is 17.1 Å². The van der Waals surface area contributed by atoms with Crippen LogP contribution in [0.1, 0.15) is 22.0 Å². The Hall–Kier alpha value is -4.40. The third-order valence-electron chi connectivity index (χ3n) is 4.79. The van der Waals surface area contributed by atoms with E-state index in [9.17, 15) is 19.7 Å². The molecule has 3 rings (SSSR count). The summed E-state index contributed by atoms with van der Waals surface area (Å²) in [6.07, 6.45) is -1.28. The lowest BCUT2D eigenvalue weighted by atomic mass is 10.1. The number of nitrogens with one attached hydrogen (secondary N) is 1. The molecule has 0 aliphatic carbocycles. The largest absolute Gasteiger partial charge is 0.497 e. The van der Waals surface area contributed by atoms with Gasteiger partial charge in [0, 0.05) is 37.5 Å². The quantitative estimate of drug-likeness (QED) is 0.312. The molecule has 3 aromatic rings. The summed E-state index contributed by atoms with van der Waals surface area (Å²) in [4.78, 5) is 38.4. The fourth-order valence-corrected chi connectivity index (χ4v) is 3.16. The van der Waals surface area contributed by atoms with Crippen molar-refractivity contribution in [2.45, 2.75) is 6.10 Å². The summed E-state index contributed by atoms with van der Waals surface area (Å²) in [6.45, 7) is 0. The first-order valence-corrected chi connectivity index (χ1v) is 9.96. The lowest BCUT2D eigenvalue weighted by molar-refractivity contribution is -0.384. The van der Waals surface area contributed by atoms with Crippen molar-refractivity contribution in [2.24, 2.45) is 0 Å². The topological polar surface area (TPSA) is 111 Å². The van der Waals surface area contributed by atoms with Gasteiger partial charge in [-0.1, -0.05) is 36.4 Å². The molecule has 1 atom stereocenters. The predicted octanol–water partition coefficient (Wildman–Crippen LogP) is 4.21. The number of nitro groups is 1. The summed E-state index contributed by atoms with van der Waals surface area (Å²) in [7, 11) is 4.83. The molecule has 0 fully saturated rings. The van der Waals surface area contributed by atoms with Gasteiger partial charge in [0.25, 0.3) is 11.6 Å². The van der Waals surface area contributed by atoms with Gasteiger partial charge in [-0.15, -0.1) is 0 Å². The van der Waals surface area contributed by atoms with Gasteiger partial charge in [-0.05, 0) is 24.3 Å². The van der Waals surface area contributed by atoms with E-state index in [4.69, 9.17) is 9.47 Å². The third-order valence-corrected chi connectivity index (χ3v) is 4.79. The van der Waals surface area contributed by atoms with Gasteiger partial charge in [-0.3, -0.25) is 14.9 Å². The molecule has 0 aromatic heterocycles. The van der Waals surface area contributed by atoms with E-state index >= 15 is 0 Å². The summed E-state index contributed by atoms with van der Waals surface area (Å²) in [5.41, 5.74) is 0.967. The number of hydrogen-bond donors (Lipinski definition) is 1. The summed E-state index contributed by atoms with van der Waals surface area (Å²) >= 11 is 0. The standard InChI is InChI=1S/C24H23N3O6/c1-26(2)20-13-12-17(14-21(20)27(30)31)24(29)33-22(16-8-5-4-6-9-16)23(28)25-18-10-7-11-19(15-18)32-3/h4-15,22H,1-3H3,(H,25,28)/t22-/m0/s1. The number of esters is 1. The van der Waals surface area contributed by atoms with Crippen molar-refractivity contribution in [3.8, 4) is 5.75 Å². The average Bonchev–Trinajstić information content (AvgIpc) is 2.82. The highest BCUT2D eigenvalue weighted by Gasteiger charge is 2.27. The second kappa shape index (κ2) is 10.3. The van der Waals surface area contributed by atoms with Crippen LogP contribution in [0.15, 0.2) is 72.8 Å². The molecular formula is C24H23N3O6. The lowest BCUT2D eigenvalue weighted by Crippen LogP contribution is -2.26. The highest BCUT2D eigenvalue weighted by molar-refractivity contribution is 5.98. The van der Waals surface area contributed by atoms with Crippen LogP contribution in [-0.4, -0.2) is 38.0 Å². The highest BCUT2D eigenvalue weighted by atomic mass is 16.6. The van der Waals surface area contributed by atoms with Gasteiger partial charge in [0.15, 0.2) is 0 Å². The molecule has 9 heteroatoms. The third kappa shape index (κ3) is 5.65. The number of nitro benzene ring substituents is 1. The number of amides is 1. The molecule has 0 radical (unpaired) electrons. The first kappa shape index (κ1) is 23.3. The van der Waals surface area contributed by atoms with Crippen LogP contribution in [0.2, 0.25) is 0 Å². The molecule has 33 heavy (non-hydrogen) atoms. The van der Waals surface area contributed by atoms with Crippen LogP contribution < -0.4 is 15.0 Å². The predicted molar refractivity (Wildman–Crippen MR) is 124 cm³/mol. The summed E-state index contributed by atoms with van der Waals surface area (Å²) in [5.74, 6) is -0.894. The molecule has 0 heterocycles. The molecule has 0 saturated carbocycles. The zero-order valence-corrected chi connectivity index (χ0v) is 18.3. The van der Waals surface area contributed by atoms with Crippen molar-refractivity contribution in [2.75, 3.05) is 31.4 Å². The van der Waals surface area contributed by atoms with E-state index in [-0.39, 0.29) is 11.3 Å². The van der Waals surface area contributed by atoms with Crippen LogP contribution in [0.5, 0.6) is 5.75 Å². The number of methoxy groups -OCH3 is 1. The maximum atomic E-state index is 13.1. The van der Waals surface area contributed by atoms with Crippen molar-refractivity contribution >= 4 is 28.9 Å². The molecule has 1 amide bonds.